The van der Waals surface area contributed by atoms with Gasteiger partial charge in [-0.25, -0.2) is 34.8 Å². The van der Waals surface area contributed by atoms with E-state index in [1.54, 1.807) is 68.1 Å². The zero-order valence-corrected chi connectivity index (χ0v) is 49.2. The van der Waals surface area contributed by atoms with Crippen LogP contribution in [0.2, 0.25) is 0 Å². The maximum atomic E-state index is 11.7. The first-order valence-corrected chi connectivity index (χ1v) is 27.0. The van der Waals surface area contributed by atoms with E-state index in [1.807, 2.05) is 66.7 Å². The Hall–Kier alpha value is -8.22. The predicted octanol–water partition coefficient (Wildman–Crippen LogP) is 12.9. The first-order chi connectivity index (χ1) is 38.6. The maximum Gasteiger partial charge on any atom is 0.488 e. The van der Waals surface area contributed by atoms with Crippen molar-refractivity contribution in [2.24, 2.45) is 0 Å². The Morgan fingerprint density at radius 2 is 0.840 bits per heavy atom. The number of pyridine rings is 4. The highest BCUT2D eigenvalue weighted by atomic mass is 79.9. The number of ether oxygens (including phenoxy) is 2. The Labute approximate surface area is 484 Å². The van der Waals surface area contributed by atoms with Gasteiger partial charge >= 0.3 is 25.0 Å². The lowest BCUT2D eigenvalue weighted by Gasteiger charge is -2.08. The summed E-state index contributed by atoms with van der Waals surface area (Å²) in [5, 5.41) is 26.6. The second-order valence-electron chi connectivity index (χ2n) is 19.3. The number of carbonyl (C=O) groups excluding carboxylic acids is 3. The molecule has 0 saturated carbocycles. The molecule has 0 aliphatic heterocycles. The molecule has 4 aromatic carbocycles. The zero-order valence-electron chi connectivity index (χ0n) is 47.6. The molecule has 0 aliphatic rings. The Morgan fingerprint density at radius 1 is 0.481 bits per heavy atom. The van der Waals surface area contributed by atoms with Gasteiger partial charge in [-0.1, -0.05) is 171 Å². The fraction of sp³-hybridized carbons (Fsp3) is 0.250. The topological polar surface area (TPSA) is 220 Å². The van der Waals surface area contributed by atoms with Gasteiger partial charge in [-0.05, 0) is 121 Å². The number of hydrogen-bond donors (Lipinski definition) is 4. The summed E-state index contributed by atoms with van der Waals surface area (Å²) >= 11 is 3.20. The largest absolute Gasteiger partial charge is 0.488 e. The smallest absolute Gasteiger partial charge is 0.477 e. The molecule has 422 valence electrons. The number of aromatic nitrogens is 4. The first-order valence-electron chi connectivity index (χ1n) is 26.2. The molecule has 1 amide bonds. The molecule has 0 radical (unpaired) electrons. The lowest BCUT2D eigenvalue weighted by atomic mass is 9.79. The van der Waals surface area contributed by atoms with Crippen LogP contribution >= 0.6 is 15.9 Å². The second-order valence-corrected chi connectivity index (χ2v) is 20.3. The number of esters is 2. The highest BCUT2D eigenvalue weighted by Crippen LogP contribution is 2.26. The molecule has 81 heavy (non-hydrogen) atoms. The average Bonchev–Trinajstić information content (AvgIpc) is 3.50. The van der Waals surface area contributed by atoms with Crippen LogP contribution in [0.3, 0.4) is 0 Å². The molecular weight excluding hydrogens is 1090 g/mol. The van der Waals surface area contributed by atoms with Gasteiger partial charge < -0.3 is 24.6 Å². The Balaban J connectivity index is 0.000000222. The molecule has 8 aromatic rings. The molecular formula is C64H71BBrN5O10. The number of rotatable bonds is 14. The Morgan fingerprint density at radius 3 is 1.16 bits per heavy atom. The number of nitrogens with zero attached hydrogens (tertiary/aromatic N) is 4. The van der Waals surface area contributed by atoms with Crippen LogP contribution < -0.4 is 10.9 Å². The zero-order chi connectivity index (χ0) is 59.6. The molecule has 0 saturated heterocycles. The minimum atomic E-state index is -1.36. The van der Waals surface area contributed by atoms with Crippen molar-refractivity contribution in [1.29, 1.82) is 0 Å². The fourth-order valence-electron chi connectivity index (χ4n) is 7.28. The van der Waals surface area contributed by atoms with Crippen molar-refractivity contribution < 1.29 is 48.6 Å². The summed E-state index contributed by atoms with van der Waals surface area (Å²) in [5.41, 5.74) is 15.1. The van der Waals surface area contributed by atoms with Gasteiger partial charge in [-0.2, -0.15) is 0 Å². The van der Waals surface area contributed by atoms with Crippen molar-refractivity contribution in [2.75, 3.05) is 20.8 Å². The molecule has 15 nitrogen and oxygen atoms in total. The SMILES string of the molecule is CC(C)c1cccc(-c2ccc(C(=O)O)nc2)c1.CC(C)c1cccc(B(O)O)c1.CCONC(=O)c1ccc(-c2cccc(C(C)C)c2)cn1.COC(=O)c1ccc(-c2cccc(C(C)C)c2)cn1.COC(=O)c1ccc(Br)cn1. The van der Waals surface area contributed by atoms with Crippen molar-refractivity contribution >= 4 is 52.3 Å². The van der Waals surface area contributed by atoms with Crippen LogP contribution in [0.1, 0.15) is 150 Å². The molecule has 4 heterocycles. The lowest BCUT2D eigenvalue weighted by Crippen LogP contribution is -2.29. The van der Waals surface area contributed by atoms with Gasteiger partial charge in [0.1, 0.15) is 22.8 Å². The van der Waals surface area contributed by atoms with Gasteiger partial charge in [0.15, 0.2) is 0 Å². The third-order valence-electron chi connectivity index (χ3n) is 12.1. The minimum absolute atomic E-state index is 0.0683. The van der Waals surface area contributed by atoms with E-state index in [-0.39, 0.29) is 11.6 Å². The Bertz CT molecular complexity index is 3220. The third-order valence-corrected chi connectivity index (χ3v) is 12.6. The summed E-state index contributed by atoms with van der Waals surface area (Å²) in [4.78, 5) is 65.5. The van der Waals surface area contributed by atoms with Gasteiger partial charge in [0.2, 0.25) is 0 Å². The van der Waals surface area contributed by atoms with Crippen molar-refractivity contribution in [3.63, 3.8) is 0 Å². The molecule has 0 spiro atoms. The van der Waals surface area contributed by atoms with E-state index in [0.717, 1.165) is 43.4 Å². The fourth-order valence-corrected chi connectivity index (χ4v) is 7.52. The van der Waals surface area contributed by atoms with Crippen LogP contribution in [0, 0.1) is 0 Å². The van der Waals surface area contributed by atoms with Crippen molar-refractivity contribution in [3.8, 4) is 33.4 Å². The molecule has 0 aliphatic carbocycles. The quantitative estimate of drug-likeness (QED) is 0.0452. The van der Waals surface area contributed by atoms with Crippen LogP contribution in [0.4, 0.5) is 0 Å². The number of carboxylic acids is 1. The summed E-state index contributed by atoms with van der Waals surface area (Å²) in [6, 6.07) is 46.1. The summed E-state index contributed by atoms with van der Waals surface area (Å²) in [7, 11) is 1.32. The Kier molecular flexibility index (Phi) is 26.9. The van der Waals surface area contributed by atoms with Gasteiger partial charge in [-0.3, -0.25) is 14.6 Å². The molecule has 4 N–H and O–H groups in total. The van der Waals surface area contributed by atoms with Crippen LogP contribution in [-0.2, 0) is 14.3 Å². The van der Waals surface area contributed by atoms with Crippen LogP contribution in [-0.4, -0.2) is 86.9 Å². The molecule has 0 unspecified atom stereocenters. The lowest BCUT2D eigenvalue weighted by molar-refractivity contribution is 0.0360. The van der Waals surface area contributed by atoms with E-state index in [9.17, 15) is 19.2 Å². The highest BCUT2D eigenvalue weighted by molar-refractivity contribution is 9.10. The number of aromatic carboxylic acids is 1. The van der Waals surface area contributed by atoms with E-state index in [1.165, 1.54) is 37.0 Å². The highest BCUT2D eigenvalue weighted by Gasteiger charge is 2.13. The number of hydrogen-bond acceptors (Lipinski definition) is 13. The van der Waals surface area contributed by atoms with E-state index < -0.39 is 25.0 Å². The van der Waals surface area contributed by atoms with Crippen molar-refractivity contribution in [2.45, 2.75) is 86.0 Å². The van der Waals surface area contributed by atoms with Crippen LogP contribution in [0.25, 0.3) is 33.4 Å². The molecule has 0 bridgehead atoms. The second kappa shape index (κ2) is 33.4. The number of carboxylic acid groups (broad SMARTS) is 1. The van der Waals surface area contributed by atoms with Gasteiger partial charge in [0.05, 0.1) is 20.8 Å². The van der Waals surface area contributed by atoms with E-state index in [0.29, 0.717) is 52.8 Å². The van der Waals surface area contributed by atoms with Crippen molar-refractivity contribution in [3.05, 3.63) is 220 Å². The normalized spacial score (nSPS) is 10.4. The van der Waals surface area contributed by atoms with Gasteiger partial charge in [-0.15, -0.1) is 0 Å². The molecule has 0 fully saturated rings. The van der Waals surface area contributed by atoms with Gasteiger partial charge in [0.25, 0.3) is 5.91 Å². The predicted molar refractivity (Wildman–Crippen MR) is 322 cm³/mol. The molecule has 4 aromatic heterocycles. The number of methoxy groups -OCH3 is 2. The number of halogens is 1. The van der Waals surface area contributed by atoms with Gasteiger partial charge in [0, 0.05) is 46.0 Å². The average molecular weight is 1160 g/mol. The van der Waals surface area contributed by atoms with E-state index >= 15 is 0 Å². The monoisotopic (exact) mass is 1160 g/mol. The molecule has 0 atom stereocenters. The van der Waals surface area contributed by atoms with Crippen molar-refractivity contribution in [1.82, 2.24) is 25.4 Å². The minimum Gasteiger partial charge on any atom is -0.477 e. The van der Waals surface area contributed by atoms with Crippen LogP contribution in [0.15, 0.2) is 175 Å². The van der Waals surface area contributed by atoms with Crippen LogP contribution in [0.5, 0.6) is 0 Å². The summed E-state index contributed by atoms with van der Waals surface area (Å²) < 4.78 is 9.93. The van der Waals surface area contributed by atoms with E-state index in [4.69, 9.17) is 20.0 Å². The first kappa shape index (κ1) is 65.3. The molecule has 17 heteroatoms. The number of nitrogens with one attached hydrogen (secondary N) is 1. The standard InChI is InChI=1S/C17H20N2O2.C16H17NO2.C15H15NO2.C9H13BO2.C7H6BrNO2/c1-4-21-19-17(20)16-9-8-15(11-18-16)14-7-5-6-13(10-14)12(2)3;1-11(2)12-5-4-6-13(9-12)14-7-8-15(17-10-14)16(18)19-3;1-10(2)11-4-3-5-12(8-11)13-6-7-14(15(17)18)16-9-13;1-7(2)8-4-3-5-9(6-8)10(11)12;1-11-7(10)6-3-2-5(8)4-9-6/h5-12H,4H2,1-3H3,(H,19,20);4-11H,1-3H3;3-10H,1-2H3,(H,17,18);3-7,11-12H,1-2H3;2-4H,1H3. The molecule has 8 rings (SSSR count). The number of benzene rings is 4. The summed E-state index contributed by atoms with van der Waals surface area (Å²) in [6.45, 7) is 19.3. The number of hydroxylamine groups is 1. The number of amides is 1. The maximum absolute atomic E-state index is 11.7. The third kappa shape index (κ3) is 21.4. The van der Waals surface area contributed by atoms with E-state index in [2.05, 4.69) is 143 Å². The number of carbonyl (C=O) groups is 4. The summed E-state index contributed by atoms with van der Waals surface area (Å²) in [6.07, 6.45) is 6.56. The summed E-state index contributed by atoms with van der Waals surface area (Å²) in [5.74, 6) is -0.312.